The Kier molecular flexibility index (Phi) is 7.25. The standard InChI is InChI=1S/C27H30N2O2/c30-18-28-26-13-11-20(16-24(26)22-7-3-1-4-8-22)15-21-12-14-27(29-19-31)25(17-21)23-9-5-2-6-10-23/h11-14,16-17,22-23H,1-10,15H2. The van der Waals surface area contributed by atoms with Gasteiger partial charge in [0.05, 0.1) is 11.4 Å². The van der Waals surface area contributed by atoms with Crippen LogP contribution in [0.15, 0.2) is 46.4 Å². The van der Waals surface area contributed by atoms with E-state index < -0.39 is 0 Å². The van der Waals surface area contributed by atoms with Crippen LogP contribution < -0.4 is 0 Å². The van der Waals surface area contributed by atoms with Gasteiger partial charge in [-0.3, -0.25) is 0 Å². The first kappa shape index (κ1) is 21.4. The number of carbonyl (C=O) groups excluding carboxylic acids is 2. The van der Waals surface area contributed by atoms with E-state index in [9.17, 15) is 9.59 Å². The fraction of sp³-hybridized carbons (Fsp3) is 0.481. The van der Waals surface area contributed by atoms with E-state index in [1.165, 1.54) is 60.8 Å². The Morgan fingerprint density at radius 1 is 0.645 bits per heavy atom. The maximum Gasteiger partial charge on any atom is 0.240 e. The Balaban J connectivity index is 1.63. The average molecular weight is 415 g/mol. The third-order valence-corrected chi connectivity index (χ3v) is 7.01. The van der Waals surface area contributed by atoms with Crippen LogP contribution >= 0.6 is 0 Å². The van der Waals surface area contributed by atoms with E-state index in [2.05, 4.69) is 34.3 Å². The summed E-state index contributed by atoms with van der Waals surface area (Å²) in [6.07, 6.45) is 16.5. The average Bonchev–Trinajstić information content (AvgIpc) is 2.82. The van der Waals surface area contributed by atoms with Gasteiger partial charge in [0, 0.05) is 0 Å². The molecule has 0 saturated heterocycles. The van der Waals surface area contributed by atoms with E-state index in [1.807, 2.05) is 12.1 Å². The second kappa shape index (κ2) is 10.5. The Morgan fingerprint density at radius 3 is 1.45 bits per heavy atom. The van der Waals surface area contributed by atoms with Crippen molar-refractivity contribution < 1.29 is 9.59 Å². The molecule has 2 aliphatic rings. The topological polar surface area (TPSA) is 58.9 Å². The maximum absolute atomic E-state index is 10.9. The third kappa shape index (κ3) is 5.28. The smallest absolute Gasteiger partial charge is 0.211 e. The molecule has 2 aromatic rings. The summed E-state index contributed by atoms with van der Waals surface area (Å²) in [6.45, 7) is 0. The largest absolute Gasteiger partial charge is 0.240 e. The minimum atomic E-state index is 0.475. The Labute approximate surface area is 184 Å². The third-order valence-electron chi connectivity index (χ3n) is 7.01. The van der Waals surface area contributed by atoms with Gasteiger partial charge in [-0.25, -0.2) is 9.59 Å². The lowest BCUT2D eigenvalue weighted by Gasteiger charge is -2.24. The lowest BCUT2D eigenvalue weighted by atomic mass is 9.81. The molecule has 2 aliphatic carbocycles. The molecule has 0 radical (unpaired) electrons. The Bertz CT molecular complexity index is 922. The monoisotopic (exact) mass is 414 g/mol. The zero-order valence-corrected chi connectivity index (χ0v) is 18.1. The number of rotatable bonds is 6. The van der Waals surface area contributed by atoms with Crippen LogP contribution in [0.5, 0.6) is 0 Å². The fourth-order valence-corrected chi connectivity index (χ4v) is 5.45. The van der Waals surface area contributed by atoms with Crippen LogP contribution in [0, 0.1) is 0 Å². The second-order valence-electron chi connectivity index (χ2n) is 9.04. The number of nitrogens with zero attached hydrogens (tertiary/aromatic N) is 2. The van der Waals surface area contributed by atoms with Gasteiger partial charge in [0.1, 0.15) is 0 Å². The quantitative estimate of drug-likeness (QED) is 0.367. The molecule has 4 heteroatoms. The molecule has 160 valence electrons. The van der Waals surface area contributed by atoms with Crippen molar-refractivity contribution in [1.29, 1.82) is 0 Å². The molecule has 0 heterocycles. The van der Waals surface area contributed by atoms with Crippen molar-refractivity contribution >= 4 is 23.5 Å². The van der Waals surface area contributed by atoms with Crippen LogP contribution in [0.4, 0.5) is 11.4 Å². The molecule has 0 spiro atoms. The Morgan fingerprint density at radius 2 is 1.06 bits per heavy atom. The molecule has 0 unspecified atom stereocenters. The van der Waals surface area contributed by atoms with Crippen molar-refractivity contribution in [2.75, 3.05) is 0 Å². The van der Waals surface area contributed by atoms with E-state index in [-0.39, 0.29) is 0 Å². The van der Waals surface area contributed by atoms with Gasteiger partial charge in [-0.05, 0) is 78.3 Å². The van der Waals surface area contributed by atoms with Gasteiger partial charge in [0.2, 0.25) is 12.2 Å². The van der Waals surface area contributed by atoms with Crippen LogP contribution in [0.1, 0.15) is 98.3 Å². The van der Waals surface area contributed by atoms with Crippen LogP contribution in [-0.4, -0.2) is 12.2 Å². The SMILES string of the molecule is O=C=Nc1ccc(Cc2ccc(N=C=O)c(C3CCCCC3)c2)cc1C1CCCCC1. The minimum Gasteiger partial charge on any atom is -0.211 e. The van der Waals surface area contributed by atoms with Crippen molar-refractivity contribution in [1.82, 2.24) is 0 Å². The summed E-state index contributed by atoms with van der Waals surface area (Å²) in [5.41, 5.74) is 6.37. The predicted molar refractivity (Wildman–Crippen MR) is 123 cm³/mol. The summed E-state index contributed by atoms with van der Waals surface area (Å²) in [4.78, 5) is 29.8. The predicted octanol–water partition coefficient (Wildman–Crippen LogP) is 7.31. The molecule has 0 N–H and O–H groups in total. The highest BCUT2D eigenvalue weighted by atomic mass is 16.1. The summed E-state index contributed by atoms with van der Waals surface area (Å²) in [7, 11) is 0. The van der Waals surface area contributed by atoms with Gasteiger partial charge >= 0.3 is 0 Å². The number of isocyanates is 2. The van der Waals surface area contributed by atoms with Crippen molar-refractivity contribution in [2.45, 2.75) is 82.5 Å². The van der Waals surface area contributed by atoms with Gasteiger partial charge in [-0.15, -0.1) is 0 Å². The van der Waals surface area contributed by atoms with E-state index in [4.69, 9.17) is 0 Å². The molecule has 0 aliphatic heterocycles. The van der Waals surface area contributed by atoms with E-state index in [0.29, 0.717) is 11.8 Å². The molecular formula is C27H30N2O2. The minimum absolute atomic E-state index is 0.475. The van der Waals surface area contributed by atoms with Crippen LogP contribution in [0.3, 0.4) is 0 Å². The van der Waals surface area contributed by atoms with Crippen molar-refractivity contribution in [3.8, 4) is 0 Å². The molecule has 2 aromatic carbocycles. The van der Waals surface area contributed by atoms with Crippen LogP contribution in [-0.2, 0) is 16.0 Å². The maximum atomic E-state index is 10.9. The normalized spacial score (nSPS) is 17.5. The highest BCUT2D eigenvalue weighted by Crippen LogP contribution is 2.40. The van der Waals surface area contributed by atoms with Crippen LogP contribution in [0.25, 0.3) is 0 Å². The molecule has 0 aromatic heterocycles. The van der Waals surface area contributed by atoms with Gasteiger partial charge in [-0.1, -0.05) is 62.8 Å². The molecule has 0 atom stereocenters. The van der Waals surface area contributed by atoms with Crippen molar-refractivity contribution in [2.24, 2.45) is 9.98 Å². The molecule has 31 heavy (non-hydrogen) atoms. The summed E-state index contributed by atoms with van der Waals surface area (Å²) in [6, 6.07) is 12.6. The lowest BCUT2D eigenvalue weighted by Crippen LogP contribution is -2.06. The van der Waals surface area contributed by atoms with Gasteiger partial charge < -0.3 is 0 Å². The molecule has 0 amide bonds. The van der Waals surface area contributed by atoms with Crippen molar-refractivity contribution in [3.05, 3.63) is 58.7 Å². The zero-order chi connectivity index (χ0) is 21.5. The molecule has 0 bridgehead atoms. The highest BCUT2D eigenvalue weighted by Gasteiger charge is 2.21. The zero-order valence-electron chi connectivity index (χ0n) is 18.1. The number of aliphatic imine (C=N–C) groups is 2. The first-order valence-corrected chi connectivity index (χ1v) is 11.7. The van der Waals surface area contributed by atoms with Crippen LogP contribution in [0.2, 0.25) is 0 Å². The Hall–Kier alpha value is -2.80. The summed E-state index contributed by atoms with van der Waals surface area (Å²) < 4.78 is 0. The van der Waals surface area contributed by atoms with Gasteiger partial charge in [-0.2, -0.15) is 9.98 Å². The first-order chi connectivity index (χ1) is 15.3. The summed E-state index contributed by atoms with van der Waals surface area (Å²) in [5, 5.41) is 0. The van der Waals surface area contributed by atoms with Gasteiger partial charge in [0.25, 0.3) is 0 Å². The van der Waals surface area contributed by atoms with E-state index >= 15 is 0 Å². The molecule has 2 fully saturated rings. The van der Waals surface area contributed by atoms with Gasteiger partial charge in [0.15, 0.2) is 0 Å². The van der Waals surface area contributed by atoms with E-state index in [0.717, 1.165) is 43.5 Å². The molecule has 4 rings (SSSR count). The number of hydrogen-bond acceptors (Lipinski definition) is 4. The van der Waals surface area contributed by atoms with E-state index in [1.54, 1.807) is 12.2 Å². The molecule has 2 saturated carbocycles. The second-order valence-corrected chi connectivity index (χ2v) is 9.04. The highest BCUT2D eigenvalue weighted by molar-refractivity contribution is 5.58. The summed E-state index contributed by atoms with van der Waals surface area (Å²) >= 11 is 0. The number of hydrogen-bond donors (Lipinski definition) is 0. The molecule has 4 nitrogen and oxygen atoms in total. The first-order valence-electron chi connectivity index (χ1n) is 11.7. The van der Waals surface area contributed by atoms with Crippen molar-refractivity contribution in [3.63, 3.8) is 0 Å². The lowest BCUT2D eigenvalue weighted by molar-refractivity contribution is 0.443. The number of benzene rings is 2. The molecular weight excluding hydrogens is 384 g/mol. The fourth-order valence-electron chi connectivity index (χ4n) is 5.45. The summed E-state index contributed by atoms with van der Waals surface area (Å²) in [5.74, 6) is 0.950.